The zero-order chi connectivity index (χ0) is 19.0. The van der Waals surface area contributed by atoms with Gasteiger partial charge in [-0.2, -0.15) is 0 Å². The maximum atomic E-state index is 12.4. The molecular formula is C21H28N2O4. The molecule has 0 spiro atoms. The maximum Gasteiger partial charge on any atom is 0.313 e. The Morgan fingerprint density at radius 3 is 2.22 bits per heavy atom. The number of ether oxygens (including phenoxy) is 2. The third-order valence-corrected chi connectivity index (χ3v) is 6.99. The van der Waals surface area contributed by atoms with Gasteiger partial charge in [0.1, 0.15) is 5.75 Å². The molecule has 4 aliphatic carbocycles. The lowest BCUT2D eigenvalue weighted by atomic mass is 9.49. The van der Waals surface area contributed by atoms with Crippen LogP contribution in [-0.2, 0) is 14.3 Å². The van der Waals surface area contributed by atoms with Crippen LogP contribution < -0.4 is 15.4 Å². The average Bonchev–Trinajstić information content (AvgIpc) is 2.67. The fourth-order valence-corrected chi connectivity index (χ4v) is 5.90. The monoisotopic (exact) mass is 372 g/mol. The molecule has 4 fully saturated rings. The Bertz CT molecular complexity index is 705. The van der Waals surface area contributed by atoms with Crippen LogP contribution in [0.25, 0.3) is 0 Å². The van der Waals surface area contributed by atoms with Gasteiger partial charge in [-0.3, -0.25) is 9.59 Å². The smallest absolute Gasteiger partial charge is 0.313 e. The van der Waals surface area contributed by atoms with E-state index in [2.05, 4.69) is 10.6 Å². The molecule has 5 rings (SSSR count). The third-order valence-electron chi connectivity index (χ3n) is 6.99. The molecule has 0 aromatic heterocycles. The molecule has 0 saturated heterocycles. The number of nitrogens with one attached hydrogen (secondary N) is 2. The van der Waals surface area contributed by atoms with Crippen molar-refractivity contribution in [3.63, 3.8) is 0 Å². The van der Waals surface area contributed by atoms with Crippen LogP contribution in [0.3, 0.4) is 0 Å². The van der Waals surface area contributed by atoms with Crippen molar-refractivity contribution in [3.8, 4) is 5.75 Å². The second-order valence-corrected chi connectivity index (χ2v) is 8.30. The maximum absolute atomic E-state index is 12.4. The van der Waals surface area contributed by atoms with Gasteiger partial charge in [0.25, 0.3) is 0 Å². The first-order chi connectivity index (χ1) is 13.1. The summed E-state index contributed by atoms with van der Waals surface area (Å²) in [6.45, 7) is 0.399. The van der Waals surface area contributed by atoms with Crippen molar-refractivity contribution in [2.24, 2.45) is 23.7 Å². The van der Waals surface area contributed by atoms with Crippen LogP contribution in [0, 0.1) is 23.7 Å². The van der Waals surface area contributed by atoms with Crippen LogP contribution in [0.15, 0.2) is 24.3 Å². The van der Waals surface area contributed by atoms with Crippen LogP contribution in [0.5, 0.6) is 5.75 Å². The fourth-order valence-electron chi connectivity index (χ4n) is 5.90. The summed E-state index contributed by atoms with van der Waals surface area (Å²) in [6, 6.07) is 7.04. The zero-order valence-electron chi connectivity index (χ0n) is 16.0. The predicted octanol–water partition coefficient (Wildman–Crippen LogP) is 2.59. The molecule has 0 atom stereocenters. The quantitative estimate of drug-likeness (QED) is 0.779. The van der Waals surface area contributed by atoms with Crippen LogP contribution >= 0.6 is 0 Å². The van der Waals surface area contributed by atoms with Gasteiger partial charge in [-0.15, -0.1) is 0 Å². The minimum Gasteiger partial charge on any atom is -0.495 e. The van der Waals surface area contributed by atoms with Crippen molar-refractivity contribution in [2.45, 2.75) is 37.7 Å². The Morgan fingerprint density at radius 2 is 1.63 bits per heavy atom. The van der Waals surface area contributed by atoms with Crippen molar-refractivity contribution < 1.29 is 19.1 Å². The van der Waals surface area contributed by atoms with E-state index in [1.165, 1.54) is 39.2 Å². The molecular weight excluding hydrogens is 344 g/mol. The summed E-state index contributed by atoms with van der Waals surface area (Å²) in [7, 11) is 3.28. The first-order valence-electron chi connectivity index (χ1n) is 9.83. The number of hydrogen-bond acceptors (Lipinski definition) is 4. The summed E-state index contributed by atoms with van der Waals surface area (Å²) < 4.78 is 11.2. The molecule has 0 heterocycles. The van der Waals surface area contributed by atoms with E-state index in [1.54, 1.807) is 25.3 Å². The fraction of sp³-hybridized carbons (Fsp3) is 0.619. The highest BCUT2D eigenvalue weighted by Crippen LogP contribution is 2.59. The second kappa shape index (κ2) is 7.15. The molecule has 4 bridgehead atoms. The number of rotatable bonds is 5. The first kappa shape index (κ1) is 18.3. The molecule has 27 heavy (non-hydrogen) atoms. The number of carbonyl (C=O) groups excluding carboxylic acids is 2. The standard InChI is InChI=1S/C21H28N2O4/c1-26-18-6-4-3-5-17(18)23-20(25)19(24)22-12-21(27-2)15-8-13-7-14(10-15)11-16(21)9-13/h3-6,13-16H,7-12H2,1-2H3,(H,22,24)(H,23,25). The van der Waals surface area contributed by atoms with Gasteiger partial charge in [0.2, 0.25) is 0 Å². The topological polar surface area (TPSA) is 76.7 Å². The highest BCUT2D eigenvalue weighted by Gasteiger charge is 2.57. The molecule has 2 amide bonds. The largest absolute Gasteiger partial charge is 0.495 e. The number of hydrogen-bond donors (Lipinski definition) is 2. The number of para-hydroxylation sites is 2. The zero-order valence-corrected chi connectivity index (χ0v) is 16.0. The van der Waals surface area contributed by atoms with Crippen LogP contribution in [0.1, 0.15) is 32.1 Å². The normalized spacial score (nSPS) is 33.6. The molecule has 4 saturated carbocycles. The van der Waals surface area contributed by atoms with Crippen molar-refractivity contribution in [3.05, 3.63) is 24.3 Å². The SMILES string of the molecule is COc1ccccc1NC(=O)C(=O)NCC1(OC)C2CC3CC(C2)CC1C3. The predicted molar refractivity (Wildman–Crippen MR) is 101 cm³/mol. The van der Waals surface area contributed by atoms with Gasteiger partial charge in [-0.25, -0.2) is 0 Å². The van der Waals surface area contributed by atoms with Crippen LogP contribution in [0.2, 0.25) is 0 Å². The molecule has 146 valence electrons. The highest BCUT2D eigenvalue weighted by atomic mass is 16.5. The van der Waals surface area contributed by atoms with Gasteiger partial charge >= 0.3 is 11.8 Å². The molecule has 6 nitrogen and oxygen atoms in total. The van der Waals surface area contributed by atoms with E-state index in [4.69, 9.17) is 9.47 Å². The van der Waals surface area contributed by atoms with Gasteiger partial charge < -0.3 is 20.1 Å². The van der Waals surface area contributed by atoms with Crippen LogP contribution in [-0.4, -0.2) is 38.2 Å². The summed E-state index contributed by atoms with van der Waals surface area (Å²) in [4.78, 5) is 24.8. The minimum absolute atomic E-state index is 0.326. The molecule has 6 heteroatoms. The lowest BCUT2D eigenvalue weighted by Crippen LogP contribution is -2.63. The number of methoxy groups -OCH3 is 2. The van der Waals surface area contributed by atoms with Crippen molar-refractivity contribution in [1.29, 1.82) is 0 Å². The summed E-state index contributed by atoms with van der Waals surface area (Å²) in [5.41, 5.74) is 0.157. The molecule has 0 unspecified atom stereocenters. The number of anilines is 1. The third kappa shape index (κ3) is 3.20. The molecule has 2 N–H and O–H groups in total. The summed E-state index contributed by atoms with van der Waals surface area (Å²) in [5, 5.41) is 5.47. The highest BCUT2D eigenvalue weighted by molar-refractivity contribution is 6.39. The van der Waals surface area contributed by atoms with Crippen molar-refractivity contribution in [1.82, 2.24) is 5.32 Å². The molecule has 0 radical (unpaired) electrons. The van der Waals surface area contributed by atoms with Crippen molar-refractivity contribution in [2.75, 3.05) is 26.1 Å². The lowest BCUT2D eigenvalue weighted by molar-refractivity contribution is -0.188. The van der Waals surface area contributed by atoms with E-state index in [0.717, 1.165) is 11.8 Å². The Labute approximate surface area is 160 Å². The number of benzene rings is 1. The summed E-state index contributed by atoms with van der Waals surface area (Å²) in [6.07, 6.45) is 6.10. The molecule has 0 aliphatic heterocycles. The van der Waals surface area contributed by atoms with Crippen molar-refractivity contribution >= 4 is 17.5 Å². The Kier molecular flexibility index (Phi) is 4.84. The van der Waals surface area contributed by atoms with Gasteiger partial charge in [0.05, 0.1) is 18.4 Å². The molecule has 4 aliphatic rings. The van der Waals surface area contributed by atoms with Gasteiger partial charge in [0.15, 0.2) is 0 Å². The molecule has 1 aromatic carbocycles. The van der Waals surface area contributed by atoms with E-state index in [-0.39, 0.29) is 5.60 Å². The van der Waals surface area contributed by atoms with Gasteiger partial charge in [-0.1, -0.05) is 12.1 Å². The average molecular weight is 372 g/mol. The lowest BCUT2D eigenvalue weighted by Gasteiger charge is -2.60. The van der Waals surface area contributed by atoms with E-state index >= 15 is 0 Å². The Balaban J connectivity index is 1.40. The Hall–Kier alpha value is -2.08. The van der Waals surface area contributed by atoms with Gasteiger partial charge in [0, 0.05) is 13.7 Å². The van der Waals surface area contributed by atoms with Crippen LogP contribution in [0.4, 0.5) is 5.69 Å². The summed E-state index contributed by atoms with van der Waals surface area (Å²) >= 11 is 0. The van der Waals surface area contributed by atoms with E-state index < -0.39 is 11.8 Å². The molecule has 1 aromatic rings. The minimum atomic E-state index is -0.686. The van der Waals surface area contributed by atoms with E-state index in [9.17, 15) is 9.59 Å². The van der Waals surface area contributed by atoms with E-state index in [1.807, 2.05) is 6.07 Å². The number of carbonyl (C=O) groups is 2. The first-order valence-corrected chi connectivity index (χ1v) is 9.83. The number of amides is 2. The van der Waals surface area contributed by atoms with E-state index in [0.29, 0.717) is 29.8 Å². The van der Waals surface area contributed by atoms with Gasteiger partial charge in [-0.05, 0) is 67.9 Å². The Morgan fingerprint density at radius 1 is 1.00 bits per heavy atom. The second-order valence-electron chi connectivity index (χ2n) is 8.30. The summed E-state index contributed by atoms with van der Waals surface area (Å²) in [5.74, 6) is 1.81.